The lowest BCUT2D eigenvalue weighted by Crippen LogP contribution is -2.29. The molecule has 0 N–H and O–H groups in total. The molecule has 0 radical (unpaired) electrons. The van der Waals surface area contributed by atoms with Crippen LogP contribution < -0.4 is 15.0 Å². The molecule has 0 atom stereocenters. The van der Waals surface area contributed by atoms with Crippen molar-refractivity contribution in [3.05, 3.63) is 110 Å². The maximum atomic E-state index is 14.1. The third kappa shape index (κ3) is 5.86. The summed E-state index contributed by atoms with van der Waals surface area (Å²) in [7, 11) is 1.54. The minimum absolute atomic E-state index is 0.0449. The van der Waals surface area contributed by atoms with Crippen LogP contribution in [0.3, 0.4) is 0 Å². The number of aromatic nitrogens is 2. The number of hydrogen-bond donors (Lipinski definition) is 0. The second-order valence-electron chi connectivity index (χ2n) is 9.79. The first kappa shape index (κ1) is 27.3. The van der Waals surface area contributed by atoms with Crippen molar-refractivity contribution in [3.8, 4) is 11.5 Å². The van der Waals surface area contributed by atoms with E-state index < -0.39 is 5.41 Å². The van der Waals surface area contributed by atoms with Gasteiger partial charge in [0.05, 0.1) is 24.2 Å². The van der Waals surface area contributed by atoms with E-state index in [-0.39, 0.29) is 18.0 Å². The van der Waals surface area contributed by atoms with E-state index in [1.54, 1.807) is 42.6 Å². The molecule has 0 aliphatic carbocycles. The van der Waals surface area contributed by atoms with Crippen LogP contribution in [0, 0.1) is 5.82 Å². The molecule has 196 valence electrons. The van der Waals surface area contributed by atoms with E-state index in [0.29, 0.717) is 45.8 Å². The second kappa shape index (κ2) is 11.3. The quantitative estimate of drug-likeness (QED) is 0.171. The number of fused-ring (bicyclic) bond motifs is 1. The Kier molecular flexibility index (Phi) is 8.11. The summed E-state index contributed by atoms with van der Waals surface area (Å²) in [5.41, 5.74) is 1.84. The van der Waals surface area contributed by atoms with Gasteiger partial charge in [-0.25, -0.2) is 9.37 Å². The van der Waals surface area contributed by atoms with Gasteiger partial charge in [0.2, 0.25) is 0 Å². The molecule has 1 aromatic heterocycles. The van der Waals surface area contributed by atoms with Gasteiger partial charge < -0.3 is 9.47 Å². The van der Waals surface area contributed by atoms with Crippen LogP contribution in [0.4, 0.5) is 4.39 Å². The zero-order chi connectivity index (χ0) is 27.4. The molecule has 4 aromatic rings. The van der Waals surface area contributed by atoms with Gasteiger partial charge in [0.25, 0.3) is 5.56 Å². The van der Waals surface area contributed by atoms with E-state index in [1.807, 2.05) is 39.0 Å². The van der Waals surface area contributed by atoms with Crippen molar-refractivity contribution in [3.63, 3.8) is 0 Å². The maximum Gasteiger partial charge on any atom is 0.282 e. The molecule has 0 spiro atoms. The zero-order valence-corrected chi connectivity index (χ0v) is 23.4. The normalized spacial score (nSPS) is 11.7. The van der Waals surface area contributed by atoms with E-state index in [0.717, 1.165) is 10.0 Å². The molecule has 0 amide bonds. The number of methoxy groups -OCH3 is 1. The van der Waals surface area contributed by atoms with E-state index in [9.17, 15) is 9.18 Å². The Morgan fingerprint density at radius 1 is 1.13 bits per heavy atom. The molecule has 0 saturated carbocycles. The van der Waals surface area contributed by atoms with Crippen LogP contribution in [0.5, 0.6) is 11.5 Å². The lowest BCUT2D eigenvalue weighted by Gasteiger charge is -2.21. The molecule has 0 aliphatic rings. The fraction of sp³-hybridized carbons (Fsp3) is 0.233. The summed E-state index contributed by atoms with van der Waals surface area (Å²) in [5, 5.41) is 5.03. The van der Waals surface area contributed by atoms with Gasteiger partial charge in [0.1, 0.15) is 18.2 Å². The monoisotopic (exact) mass is 577 g/mol. The smallest absolute Gasteiger partial charge is 0.282 e. The highest BCUT2D eigenvalue weighted by atomic mass is 79.9. The lowest BCUT2D eigenvalue weighted by atomic mass is 9.95. The van der Waals surface area contributed by atoms with Gasteiger partial charge in [-0.1, -0.05) is 61.0 Å². The van der Waals surface area contributed by atoms with Gasteiger partial charge in [-0.05, 0) is 48.4 Å². The van der Waals surface area contributed by atoms with Crippen molar-refractivity contribution in [2.45, 2.75) is 39.2 Å². The Hall–Kier alpha value is -3.78. The fourth-order valence-corrected chi connectivity index (χ4v) is 4.37. The van der Waals surface area contributed by atoms with Gasteiger partial charge in [0, 0.05) is 21.0 Å². The largest absolute Gasteiger partial charge is 0.493 e. The van der Waals surface area contributed by atoms with Gasteiger partial charge >= 0.3 is 0 Å². The third-order valence-electron chi connectivity index (χ3n) is 5.87. The number of rotatable bonds is 8. The highest BCUT2D eigenvalue weighted by Crippen LogP contribution is 2.34. The van der Waals surface area contributed by atoms with Gasteiger partial charge in [-0.15, -0.1) is 6.58 Å². The number of halogens is 2. The summed E-state index contributed by atoms with van der Waals surface area (Å²) < 4.78 is 27.9. The predicted octanol–water partition coefficient (Wildman–Crippen LogP) is 6.79. The first-order chi connectivity index (χ1) is 18.1. The maximum absolute atomic E-state index is 14.1. The van der Waals surface area contributed by atoms with Crippen LogP contribution in [-0.2, 0) is 18.4 Å². The lowest BCUT2D eigenvalue weighted by molar-refractivity contribution is 0.277. The topological polar surface area (TPSA) is 65.7 Å². The highest BCUT2D eigenvalue weighted by Gasteiger charge is 2.23. The Balaban J connectivity index is 1.77. The van der Waals surface area contributed by atoms with Crippen LogP contribution in [-0.4, -0.2) is 23.0 Å². The number of nitrogens with zero attached hydrogens (tertiary/aromatic N) is 3. The fourth-order valence-electron chi connectivity index (χ4n) is 4.01. The van der Waals surface area contributed by atoms with E-state index in [1.165, 1.54) is 17.9 Å². The third-order valence-corrected chi connectivity index (χ3v) is 6.36. The molecule has 1 heterocycles. The summed E-state index contributed by atoms with van der Waals surface area (Å²) >= 11 is 3.43. The van der Waals surface area contributed by atoms with Crippen molar-refractivity contribution < 1.29 is 13.9 Å². The van der Waals surface area contributed by atoms with Crippen molar-refractivity contribution >= 4 is 33.0 Å². The second-order valence-corrected chi connectivity index (χ2v) is 10.7. The molecule has 0 fully saturated rings. The molecular weight excluding hydrogens is 549 g/mol. The molecule has 4 rings (SSSR count). The molecule has 6 nitrogen and oxygen atoms in total. The first-order valence-corrected chi connectivity index (χ1v) is 12.9. The predicted molar refractivity (Wildman–Crippen MR) is 153 cm³/mol. The average molecular weight is 578 g/mol. The van der Waals surface area contributed by atoms with Gasteiger partial charge in [0.15, 0.2) is 11.5 Å². The van der Waals surface area contributed by atoms with Crippen LogP contribution in [0.2, 0.25) is 0 Å². The highest BCUT2D eigenvalue weighted by molar-refractivity contribution is 9.10. The Labute approximate surface area is 229 Å². The Bertz CT molecular complexity index is 1590. The summed E-state index contributed by atoms with van der Waals surface area (Å²) in [5.74, 6) is 1.16. The van der Waals surface area contributed by atoms with E-state index >= 15 is 0 Å². The van der Waals surface area contributed by atoms with Crippen LogP contribution in [0.25, 0.3) is 10.9 Å². The molecule has 38 heavy (non-hydrogen) atoms. The summed E-state index contributed by atoms with van der Waals surface area (Å²) in [4.78, 5) is 18.2. The molecule has 0 saturated heterocycles. The van der Waals surface area contributed by atoms with E-state index in [2.05, 4.69) is 27.6 Å². The zero-order valence-electron chi connectivity index (χ0n) is 21.8. The Morgan fingerprint density at radius 3 is 2.58 bits per heavy atom. The van der Waals surface area contributed by atoms with Crippen LogP contribution in [0.1, 0.15) is 43.3 Å². The average Bonchev–Trinajstić information content (AvgIpc) is 2.88. The van der Waals surface area contributed by atoms with Crippen LogP contribution >= 0.6 is 15.9 Å². The summed E-state index contributed by atoms with van der Waals surface area (Å²) in [6, 6.07) is 15.5. The minimum atomic E-state index is -0.437. The van der Waals surface area contributed by atoms with Crippen molar-refractivity contribution in [2.75, 3.05) is 7.11 Å². The summed E-state index contributed by atoms with van der Waals surface area (Å²) in [6.07, 6.45) is 3.83. The molecule has 0 aliphatic heterocycles. The number of benzene rings is 3. The standard InChI is InChI=1S/C30H29BrFN3O3/c1-6-9-20-14-19(15-26(37-5)27(20)38-18-21-10-7-8-11-24(21)32)17-33-35-28(36)23-16-22(31)12-13-25(23)34-29(35)30(2,3)4/h6-8,10-17H,1,9,18H2,2-5H3. The minimum Gasteiger partial charge on any atom is -0.493 e. The summed E-state index contributed by atoms with van der Waals surface area (Å²) in [6.45, 7) is 9.85. The molecular formula is C30H29BrFN3O3. The SMILES string of the molecule is C=CCc1cc(C=Nn2c(C(C)(C)C)nc3ccc(Br)cc3c2=O)cc(OC)c1OCc1ccccc1F. The van der Waals surface area contributed by atoms with Crippen molar-refractivity contribution in [1.29, 1.82) is 0 Å². The molecule has 3 aromatic carbocycles. The van der Waals surface area contributed by atoms with Crippen molar-refractivity contribution in [1.82, 2.24) is 9.66 Å². The molecule has 8 heteroatoms. The first-order valence-electron chi connectivity index (χ1n) is 12.1. The number of hydrogen-bond acceptors (Lipinski definition) is 5. The van der Waals surface area contributed by atoms with Gasteiger partial charge in [-0.3, -0.25) is 4.79 Å². The van der Waals surface area contributed by atoms with Crippen LogP contribution in [0.15, 0.2) is 81.6 Å². The number of allylic oxidation sites excluding steroid dienone is 1. The van der Waals surface area contributed by atoms with E-state index in [4.69, 9.17) is 14.5 Å². The van der Waals surface area contributed by atoms with Crippen molar-refractivity contribution in [2.24, 2.45) is 5.10 Å². The molecule has 0 unspecified atom stereocenters. The van der Waals surface area contributed by atoms with Gasteiger partial charge in [-0.2, -0.15) is 9.78 Å². The molecule has 0 bridgehead atoms. The number of ether oxygens (including phenoxy) is 2. The Morgan fingerprint density at radius 2 is 1.89 bits per heavy atom.